The Hall–Kier alpha value is -3.31. The smallest absolute Gasteiger partial charge is 0.397 e. The summed E-state index contributed by atoms with van der Waals surface area (Å²) in [7, 11) is 0. The molecule has 0 spiro atoms. The van der Waals surface area contributed by atoms with E-state index >= 15 is 0 Å². The Morgan fingerprint density at radius 3 is 2.54 bits per heavy atom. The number of alkyl halides is 3. The van der Waals surface area contributed by atoms with Crippen molar-refractivity contribution >= 4 is 23.4 Å². The molecule has 2 heterocycles. The molecule has 0 radical (unpaired) electrons. The van der Waals surface area contributed by atoms with Crippen LogP contribution in [0.4, 0.5) is 18.9 Å². The molecule has 0 atom stereocenters. The molecule has 2 aliphatic rings. The Morgan fingerprint density at radius 2 is 1.87 bits per heavy atom. The van der Waals surface area contributed by atoms with Crippen molar-refractivity contribution in [1.82, 2.24) is 19.8 Å². The number of fused-ring (bicyclic) bond motifs is 1. The number of nitrogen functional groups attached to an aromatic ring is 1. The lowest BCUT2D eigenvalue weighted by Crippen LogP contribution is -2.42. The first-order valence-corrected chi connectivity index (χ1v) is 13.9. The number of para-hydroxylation sites is 2. The maximum atomic E-state index is 13.8. The van der Waals surface area contributed by atoms with Crippen LogP contribution in [-0.2, 0) is 30.5 Å². The van der Waals surface area contributed by atoms with Crippen LogP contribution in [0.2, 0.25) is 0 Å². The molecule has 0 bridgehead atoms. The van der Waals surface area contributed by atoms with Crippen molar-refractivity contribution in [1.29, 1.82) is 0 Å². The average molecular weight is 558 g/mol. The van der Waals surface area contributed by atoms with Gasteiger partial charge in [-0.15, -0.1) is 0 Å². The van der Waals surface area contributed by atoms with Crippen LogP contribution < -0.4 is 16.6 Å². The van der Waals surface area contributed by atoms with Gasteiger partial charge in [0.15, 0.2) is 5.16 Å². The first kappa shape index (κ1) is 27.3. The van der Waals surface area contributed by atoms with Gasteiger partial charge in [-0.2, -0.15) is 13.2 Å². The Balaban J connectivity index is 1.25. The van der Waals surface area contributed by atoms with Crippen molar-refractivity contribution in [2.45, 2.75) is 61.8 Å². The number of rotatable bonds is 8. The largest absolute Gasteiger partial charge is 0.416 e. The highest BCUT2D eigenvalue weighted by Gasteiger charge is 2.30. The summed E-state index contributed by atoms with van der Waals surface area (Å²) in [6, 6.07) is 12.2. The van der Waals surface area contributed by atoms with Crippen molar-refractivity contribution in [3.8, 4) is 5.69 Å². The second-order valence-electron chi connectivity index (χ2n) is 9.88. The van der Waals surface area contributed by atoms with E-state index in [9.17, 15) is 22.8 Å². The number of nitrogens with zero attached hydrogens (tertiary/aromatic N) is 3. The zero-order valence-corrected chi connectivity index (χ0v) is 22.2. The number of benzene rings is 2. The first-order valence-electron chi connectivity index (χ1n) is 13.0. The third-order valence-electron chi connectivity index (χ3n) is 7.18. The topological polar surface area (TPSA) is 93.2 Å². The van der Waals surface area contributed by atoms with Crippen LogP contribution >= 0.6 is 11.8 Å². The predicted molar refractivity (Wildman–Crippen MR) is 145 cm³/mol. The third kappa shape index (κ3) is 6.14. The van der Waals surface area contributed by atoms with Crippen LogP contribution in [0.25, 0.3) is 5.69 Å². The fourth-order valence-corrected chi connectivity index (χ4v) is 6.00. The van der Waals surface area contributed by atoms with Gasteiger partial charge in [0.25, 0.3) is 5.56 Å². The molecule has 1 aliphatic heterocycles. The highest BCUT2D eigenvalue weighted by Crippen LogP contribution is 2.37. The number of nitrogens with one attached hydrogen (secondary N) is 1. The molecule has 2 aromatic carbocycles. The summed E-state index contributed by atoms with van der Waals surface area (Å²) in [5.41, 5.74) is 8.37. The molecule has 206 valence electrons. The van der Waals surface area contributed by atoms with Gasteiger partial charge in [0.1, 0.15) is 0 Å². The minimum atomic E-state index is -4.37. The maximum absolute atomic E-state index is 13.8. The number of carbonyl (C=O) groups excluding carboxylic acids is 1. The lowest BCUT2D eigenvalue weighted by Gasteiger charge is -2.30. The number of hydrogen-bond acceptors (Lipinski definition) is 6. The second-order valence-corrected chi connectivity index (χ2v) is 11.1. The predicted octanol–water partition coefficient (Wildman–Crippen LogP) is 4.54. The molecule has 5 rings (SSSR count). The number of thioether (sulfide) groups is 1. The maximum Gasteiger partial charge on any atom is 0.416 e. The fourth-order valence-electron chi connectivity index (χ4n) is 4.69. The van der Waals surface area contributed by atoms with Crippen LogP contribution in [0.1, 0.15) is 48.1 Å². The van der Waals surface area contributed by atoms with Crippen molar-refractivity contribution in [3.05, 3.63) is 81.3 Å². The van der Waals surface area contributed by atoms with Gasteiger partial charge < -0.3 is 16.0 Å². The van der Waals surface area contributed by atoms with Crippen LogP contribution in [0.15, 0.2) is 58.5 Å². The van der Waals surface area contributed by atoms with E-state index in [-0.39, 0.29) is 24.4 Å². The molecule has 7 nitrogen and oxygen atoms in total. The zero-order valence-electron chi connectivity index (χ0n) is 21.3. The molecule has 3 aromatic rings. The third-order valence-corrected chi connectivity index (χ3v) is 8.47. The Bertz CT molecular complexity index is 1400. The SMILES string of the molecule is Nc1ccccc1-n1c(SC2CCC2)nc2c(c1=O)CN(C(=O)CCNCc1ccc(C(F)(F)F)cc1)CC2. The van der Waals surface area contributed by atoms with Crippen LogP contribution in [-0.4, -0.2) is 38.7 Å². The lowest BCUT2D eigenvalue weighted by atomic mass is 10.0. The zero-order chi connectivity index (χ0) is 27.6. The fraction of sp³-hybridized carbons (Fsp3) is 0.393. The molecular weight excluding hydrogens is 527 g/mol. The van der Waals surface area contributed by atoms with Crippen molar-refractivity contribution in [2.75, 3.05) is 18.8 Å². The number of carbonyl (C=O) groups is 1. The van der Waals surface area contributed by atoms with Gasteiger partial charge in [-0.3, -0.25) is 14.2 Å². The Labute approximate surface area is 228 Å². The summed E-state index contributed by atoms with van der Waals surface area (Å²) in [4.78, 5) is 33.3. The number of hydrogen-bond donors (Lipinski definition) is 2. The molecule has 3 N–H and O–H groups in total. The van der Waals surface area contributed by atoms with E-state index in [1.165, 1.54) is 18.6 Å². The summed E-state index contributed by atoms with van der Waals surface area (Å²) >= 11 is 1.62. The van der Waals surface area contributed by atoms with Gasteiger partial charge in [0.05, 0.1) is 34.7 Å². The van der Waals surface area contributed by atoms with Gasteiger partial charge in [-0.1, -0.05) is 42.4 Å². The minimum absolute atomic E-state index is 0.0985. The van der Waals surface area contributed by atoms with E-state index in [2.05, 4.69) is 5.32 Å². The van der Waals surface area contributed by atoms with E-state index in [1.807, 2.05) is 18.2 Å². The Morgan fingerprint density at radius 1 is 1.13 bits per heavy atom. The quantitative estimate of drug-likeness (QED) is 0.240. The molecule has 39 heavy (non-hydrogen) atoms. The molecule has 0 saturated heterocycles. The molecule has 1 aromatic heterocycles. The van der Waals surface area contributed by atoms with Gasteiger partial charge in [0.2, 0.25) is 5.91 Å². The summed E-state index contributed by atoms with van der Waals surface area (Å²) in [6.07, 6.45) is -0.295. The van der Waals surface area contributed by atoms with Gasteiger partial charge in [-0.25, -0.2) is 4.98 Å². The van der Waals surface area contributed by atoms with Crippen LogP contribution in [0, 0.1) is 0 Å². The number of aromatic nitrogens is 2. The summed E-state index contributed by atoms with van der Waals surface area (Å²) < 4.78 is 39.8. The van der Waals surface area contributed by atoms with Crippen LogP contribution in [0.3, 0.4) is 0 Å². The van der Waals surface area contributed by atoms with Gasteiger partial charge >= 0.3 is 6.18 Å². The van der Waals surface area contributed by atoms with Crippen molar-refractivity contribution in [2.24, 2.45) is 0 Å². The highest BCUT2D eigenvalue weighted by molar-refractivity contribution is 7.99. The molecule has 0 unspecified atom stereocenters. The number of anilines is 1. The summed E-state index contributed by atoms with van der Waals surface area (Å²) in [6.45, 7) is 1.37. The molecule has 1 saturated carbocycles. The van der Waals surface area contributed by atoms with E-state index in [4.69, 9.17) is 10.7 Å². The van der Waals surface area contributed by atoms with E-state index in [0.717, 1.165) is 30.7 Å². The lowest BCUT2D eigenvalue weighted by molar-refractivity contribution is -0.137. The Kier molecular flexibility index (Phi) is 7.99. The van der Waals surface area contributed by atoms with E-state index in [1.54, 1.807) is 27.3 Å². The molecule has 11 heteroatoms. The first-order chi connectivity index (χ1) is 18.7. The minimum Gasteiger partial charge on any atom is -0.397 e. The van der Waals surface area contributed by atoms with E-state index in [0.29, 0.717) is 59.0 Å². The second kappa shape index (κ2) is 11.4. The number of halogens is 3. The van der Waals surface area contributed by atoms with Gasteiger partial charge in [0, 0.05) is 37.7 Å². The molecule has 1 amide bonds. The standard InChI is InChI=1S/C28H30F3N5O2S/c29-28(30,31)19-10-8-18(9-11-19)16-33-14-12-25(37)35-15-13-23-21(17-35)26(38)36(24-7-2-1-6-22(24)32)27(34-23)39-20-4-3-5-20/h1-2,6-11,20,33H,3-5,12-17,32H2. The monoisotopic (exact) mass is 557 g/mol. The van der Waals surface area contributed by atoms with Gasteiger partial charge in [-0.05, 0) is 42.7 Å². The number of amides is 1. The number of nitrogens with two attached hydrogens (primary N) is 1. The highest BCUT2D eigenvalue weighted by atomic mass is 32.2. The van der Waals surface area contributed by atoms with Crippen molar-refractivity contribution in [3.63, 3.8) is 0 Å². The molecule has 1 fully saturated rings. The summed E-state index contributed by atoms with van der Waals surface area (Å²) in [5, 5.41) is 4.19. The molecule has 1 aliphatic carbocycles. The van der Waals surface area contributed by atoms with Crippen molar-refractivity contribution < 1.29 is 18.0 Å². The average Bonchev–Trinajstić information content (AvgIpc) is 2.89. The molecular formula is C28H30F3N5O2S. The normalized spacial score (nSPS) is 15.6. The summed E-state index contributed by atoms with van der Waals surface area (Å²) in [5.74, 6) is -0.0985. The van der Waals surface area contributed by atoms with E-state index < -0.39 is 11.7 Å². The van der Waals surface area contributed by atoms with Crippen LogP contribution in [0.5, 0.6) is 0 Å².